The standard InChI is InChI=1S/C16H16O2/c1-11(17)14-9-8-13-4-2-3-5-15(13)16(14)18-10-12-6-7-12/h2-5,8-9,12H,6-7,10H2,1H3. The van der Waals surface area contributed by atoms with Gasteiger partial charge in [-0.05, 0) is 37.1 Å². The minimum Gasteiger partial charge on any atom is -0.492 e. The summed E-state index contributed by atoms with van der Waals surface area (Å²) in [7, 11) is 0. The summed E-state index contributed by atoms with van der Waals surface area (Å²) in [5.41, 5.74) is 0.689. The van der Waals surface area contributed by atoms with Crippen LogP contribution in [-0.2, 0) is 0 Å². The summed E-state index contributed by atoms with van der Waals surface area (Å²) in [6.45, 7) is 2.32. The summed E-state index contributed by atoms with van der Waals surface area (Å²) in [4.78, 5) is 11.7. The van der Waals surface area contributed by atoms with Crippen LogP contribution in [0.5, 0.6) is 5.75 Å². The number of carbonyl (C=O) groups excluding carboxylic acids is 1. The average molecular weight is 240 g/mol. The van der Waals surface area contributed by atoms with Crippen molar-refractivity contribution >= 4 is 16.6 Å². The highest BCUT2D eigenvalue weighted by Gasteiger charge is 2.23. The molecule has 2 aromatic carbocycles. The maximum atomic E-state index is 11.7. The first-order valence-electron chi connectivity index (χ1n) is 6.41. The maximum Gasteiger partial charge on any atom is 0.163 e. The zero-order valence-corrected chi connectivity index (χ0v) is 10.5. The summed E-state index contributed by atoms with van der Waals surface area (Å²) >= 11 is 0. The van der Waals surface area contributed by atoms with Gasteiger partial charge in [-0.1, -0.05) is 30.3 Å². The highest BCUT2D eigenvalue weighted by atomic mass is 16.5. The first-order chi connectivity index (χ1) is 8.75. The van der Waals surface area contributed by atoms with Crippen LogP contribution in [0.3, 0.4) is 0 Å². The van der Waals surface area contributed by atoms with E-state index in [0.29, 0.717) is 11.5 Å². The van der Waals surface area contributed by atoms with Crippen molar-refractivity contribution in [2.24, 2.45) is 5.92 Å². The largest absolute Gasteiger partial charge is 0.492 e. The van der Waals surface area contributed by atoms with E-state index in [4.69, 9.17) is 4.74 Å². The van der Waals surface area contributed by atoms with Crippen molar-refractivity contribution in [1.29, 1.82) is 0 Å². The van der Waals surface area contributed by atoms with Crippen LogP contribution < -0.4 is 4.74 Å². The van der Waals surface area contributed by atoms with E-state index in [1.807, 2.05) is 36.4 Å². The van der Waals surface area contributed by atoms with Gasteiger partial charge in [-0.3, -0.25) is 4.79 Å². The third-order valence-electron chi connectivity index (χ3n) is 3.42. The fourth-order valence-electron chi connectivity index (χ4n) is 2.16. The molecule has 0 saturated heterocycles. The molecular formula is C16H16O2. The Labute approximate surface area is 107 Å². The van der Waals surface area contributed by atoms with Gasteiger partial charge in [0.1, 0.15) is 5.75 Å². The van der Waals surface area contributed by atoms with Crippen LogP contribution >= 0.6 is 0 Å². The predicted molar refractivity (Wildman–Crippen MR) is 72.2 cm³/mol. The molecule has 0 radical (unpaired) electrons. The molecule has 92 valence electrons. The van der Waals surface area contributed by atoms with Crippen molar-refractivity contribution in [2.75, 3.05) is 6.61 Å². The van der Waals surface area contributed by atoms with E-state index in [1.165, 1.54) is 12.8 Å². The number of fused-ring (bicyclic) bond motifs is 1. The zero-order valence-electron chi connectivity index (χ0n) is 10.5. The van der Waals surface area contributed by atoms with Crippen molar-refractivity contribution in [3.05, 3.63) is 42.0 Å². The van der Waals surface area contributed by atoms with Gasteiger partial charge in [0.2, 0.25) is 0 Å². The lowest BCUT2D eigenvalue weighted by Gasteiger charge is -2.12. The number of ether oxygens (including phenoxy) is 1. The zero-order chi connectivity index (χ0) is 12.5. The molecule has 1 aliphatic carbocycles. The van der Waals surface area contributed by atoms with Crippen LogP contribution in [-0.4, -0.2) is 12.4 Å². The van der Waals surface area contributed by atoms with Gasteiger partial charge in [0.05, 0.1) is 12.2 Å². The van der Waals surface area contributed by atoms with E-state index in [-0.39, 0.29) is 5.78 Å². The molecule has 0 aromatic heterocycles. The molecule has 1 saturated carbocycles. The van der Waals surface area contributed by atoms with Crippen molar-refractivity contribution in [2.45, 2.75) is 19.8 Å². The summed E-state index contributed by atoms with van der Waals surface area (Å²) in [6.07, 6.45) is 2.50. The molecule has 0 bridgehead atoms. The third-order valence-corrected chi connectivity index (χ3v) is 3.42. The molecule has 0 atom stereocenters. The van der Waals surface area contributed by atoms with Gasteiger partial charge in [-0.25, -0.2) is 0 Å². The molecule has 2 aromatic rings. The van der Waals surface area contributed by atoms with Gasteiger partial charge in [-0.2, -0.15) is 0 Å². The minimum atomic E-state index is 0.0616. The fraction of sp³-hybridized carbons (Fsp3) is 0.312. The molecule has 0 heterocycles. The van der Waals surface area contributed by atoms with Crippen LogP contribution in [0, 0.1) is 5.92 Å². The van der Waals surface area contributed by atoms with Crippen molar-refractivity contribution in [3.8, 4) is 5.75 Å². The molecular weight excluding hydrogens is 224 g/mol. The van der Waals surface area contributed by atoms with Gasteiger partial charge in [-0.15, -0.1) is 0 Å². The number of carbonyl (C=O) groups is 1. The smallest absolute Gasteiger partial charge is 0.163 e. The lowest BCUT2D eigenvalue weighted by molar-refractivity contribution is 0.101. The Morgan fingerprint density at radius 1 is 1.22 bits per heavy atom. The average Bonchev–Trinajstić information content (AvgIpc) is 3.19. The Morgan fingerprint density at radius 3 is 2.72 bits per heavy atom. The number of ketones is 1. The van der Waals surface area contributed by atoms with E-state index >= 15 is 0 Å². The lowest BCUT2D eigenvalue weighted by Crippen LogP contribution is -2.04. The fourth-order valence-corrected chi connectivity index (χ4v) is 2.16. The highest BCUT2D eigenvalue weighted by molar-refractivity contribution is 6.03. The Bertz CT molecular complexity index is 597. The second-order valence-corrected chi connectivity index (χ2v) is 4.97. The first-order valence-corrected chi connectivity index (χ1v) is 6.41. The third kappa shape index (κ3) is 2.10. The number of hydrogen-bond donors (Lipinski definition) is 0. The van der Waals surface area contributed by atoms with Crippen LogP contribution in [0.4, 0.5) is 0 Å². The van der Waals surface area contributed by atoms with Crippen LogP contribution in [0.1, 0.15) is 30.1 Å². The molecule has 2 nitrogen and oxygen atoms in total. The molecule has 2 heteroatoms. The highest BCUT2D eigenvalue weighted by Crippen LogP contribution is 2.34. The minimum absolute atomic E-state index is 0.0616. The van der Waals surface area contributed by atoms with E-state index in [9.17, 15) is 4.79 Å². The molecule has 3 rings (SSSR count). The Kier molecular flexibility index (Phi) is 2.78. The molecule has 0 unspecified atom stereocenters. The lowest BCUT2D eigenvalue weighted by atomic mass is 10.0. The Hall–Kier alpha value is -1.83. The Morgan fingerprint density at radius 2 is 2.00 bits per heavy atom. The van der Waals surface area contributed by atoms with Gasteiger partial charge in [0.25, 0.3) is 0 Å². The number of hydrogen-bond acceptors (Lipinski definition) is 2. The second kappa shape index (κ2) is 4.45. The Balaban J connectivity index is 2.08. The van der Waals surface area contributed by atoms with E-state index in [2.05, 4.69) is 0 Å². The molecule has 0 aliphatic heterocycles. The van der Waals surface area contributed by atoms with Crippen molar-refractivity contribution < 1.29 is 9.53 Å². The van der Waals surface area contributed by atoms with Gasteiger partial charge in [0, 0.05) is 5.39 Å². The monoisotopic (exact) mass is 240 g/mol. The molecule has 18 heavy (non-hydrogen) atoms. The van der Waals surface area contributed by atoms with Gasteiger partial charge < -0.3 is 4.74 Å². The number of rotatable bonds is 4. The van der Waals surface area contributed by atoms with Crippen LogP contribution in [0.15, 0.2) is 36.4 Å². The van der Waals surface area contributed by atoms with Crippen LogP contribution in [0.2, 0.25) is 0 Å². The topological polar surface area (TPSA) is 26.3 Å². The van der Waals surface area contributed by atoms with E-state index < -0.39 is 0 Å². The summed E-state index contributed by atoms with van der Waals surface area (Å²) in [5.74, 6) is 1.50. The first kappa shape index (κ1) is 11.3. The van der Waals surface area contributed by atoms with E-state index in [0.717, 1.165) is 23.1 Å². The number of Topliss-reactive ketones (excluding diaryl/α,β-unsaturated/α-hetero) is 1. The number of benzene rings is 2. The van der Waals surface area contributed by atoms with E-state index in [1.54, 1.807) is 6.92 Å². The summed E-state index contributed by atoms with van der Waals surface area (Å²) in [5, 5.41) is 2.15. The van der Waals surface area contributed by atoms with Crippen molar-refractivity contribution in [3.63, 3.8) is 0 Å². The quantitative estimate of drug-likeness (QED) is 0.759. The SMILES string of the molecule is CC(=O)c1ccc2ccccc2c1OCC1CC1. The van der Waals surface area contributed by atoms with Crippen molar-refractivity contribution in [1.82, 2.24) is 0 Å². The molecule has 0 amide bonds. The molecule has 1 fully saturated rings. The van der Waals surface area contributed by atoms with Gasteiger partial charge in [0.15, 0.2) is 5.78 Å². The molecule has 0 N–H and O–H groups in total. The maximum absolute atomic E-state index is 11.7. The normalized spacial score (nSPS) is 14.7. The second-order valence-electron chi connectivity index (χ2n) is 4.97. The predicted octanol–water partition coefficient (Wildman–Crippen LogP) is 3.83. The summed E-state index contributed by atoms with van der Waals surface area (Å²) in [6, 6.07) is 11.9. The molecule has 0 spiro atoms. The molecule has 1 aliphatic rings. The van der Waals surface area contributed by atoms with Crippen LogP contribution in [0.25, 0.3) is 10.8 Å². The van der Waals surface area contributed by atoms with Gasteiger partial charge >= 0.3 is 0 Å². The summed E-state index contributed by atoms with van der Waals surface area (Å²) < 4.78 is 5.91.